The number of hydrogen-bond donors (Lipinski definition) is 1. The molecule has 8 heteroatoms. The third kappa shape index (κ3) is 4.50. The van der Waals surface area contributed by atoms with Gasteiger partial charge in [0.15, 0.2) is 0 Å². The quantitative estimate of drug-likeness (QED) is 0.796. The average molecular weight is 378 g/mol. The molecule has 26 heavy (non-hydrogen) atoms. The van der Waals surface area contributed by atoms with Crippen molar-refractivity contribution in [3.63, 3.8) is 0 Å². The molecule has 0 unspecified atom stereocenters. The van der Waals surface area contributed by atoms with Crippen LogP contribution in [0.15, 0.2) is 29.2 Å². The highest BCUT2D eigenvalue weighted by Crippen LogP contribution is 2.22. The van der Waals surface area contributed by atoms with Crippen LogP contribution in [0, 0.1) is 20.8 Å². The van der Waals surface area contributed by atoms with Gasteiger partial charge in [-0.2, -0.15) is 5.10 Å². The van der Waals surface area contributed by atoms with Gasteiger partial charge in [0.05, 0.1) is 17.9 Å². The molecule has 1 amide bonds. The molecule has 0 aliphatic carbocycles. The number of nitrogens with one attached hydrogen (secondary N) is 1. The van der Waals surface area contributed by atoms with Gasteiger partial charge in [-0.1, -0.05) is 29.8 Å². The fourth-order valence-corrected chi connectivity index (χ4v) is 4.03. The summed E-state index contributed by atoms with van der Waals surface area (Å²) in [4.78, 5) is 12.3. The Morgan fingerprint density at radius 2 is 1.92 bits per heavy atom. The van der Waals surface area contributed by atoms with Crippen LogP contribution in [0.2, 0.25) is 0 Å². The summed E-state index contributed by atoms with van der Waals surface area (Å²) < 4.78 is 27.6. The van der Waals surface area contributed by atoms with E-state index >= 15 is 0 Å². The molecule has 7 nitrogen and oxygen atoms in total. The molecule has 0 spiro atoms. The van der Waals surface area contributed by atoms with E-state index in [4.69, 9.17) is 0 Å². The lowest BCUT2D eigenvalue weighted by molar-refractivity contribution is -0.121. The molecule has 0 atom stereocenters. The molecule has 1 heterocycles. The van der Waals surface area contributed by atoms with Crippen molar-refractivity contribution in [3.8, 4) is 0 Å². The summed E-state index contributed by atoms with van der Waals surface area (Å²) >= 11 is 0. The number of aromatic nitrogens is 2. The highest BCUT2D eigenvalue weighted by Gasteiger charge is 2.26. The van der Waals surface area contributed by atoms with E-state index in [1.54, 1.807) is 18.5 Å². The van der Waals surface area contributed by atoms with Gasteiger partial charge in [0, 0.05) is 27.1 Å². The van der Waals surface area contributed by atoms with E-state index in [1.165, 1.54) is 18.4 Å². The third-order valence-electron chi connectivity index (χ3n) is 4.18. The Bertz CT molecular complexity index is 901. The topological polar surface area (TPSA) is 84.3 Å². The van der Waals surface area contributed by atoms with Crippen molar-refractivity contribution in [1.29, 1.82) is 0 Å². The molecule has 0 saturated heterocycles. The largest absolute Gasteiger partial charge is 0.352 e. The van der Waals surface area contributed by atoms with Crippen molar-refractivity contribution in [3.05, 3.63) is 46.8 Å². The second-order valence-corrected chi connectivity index (χ2v) is 8.61. The zero-order valence-electron chi connectivity index (χ0n) is 15.9. The first-order chi connectivity index (χ1) is 12.1. The van der Waals surface area contributed by atoms with E-state index < -0.39 is 10.0 Å². The van der Waals surface area contributed by atoms with E-state index in [0.717, 1.165) is 11.1 Å². The lowest BCUT2D eigenvalue weighted by atomic mass is 10.1. The highest BCUT2D eigenvalue weighted by molar-refractivity contribution is 7.89. The number of hydrogen-bond acceptors (Lipinski definition) is 4. The van der Waals surface area contributed by atoms with Gasteiger partial charge < -0.3 is 5.32 Å². The zero-order valence-corrected chi connectivity index (χ0v) is 16.7. The van der Waals surface area contributed by atoms with Crippen molar-refractivity contribution in [2.45, 2.75) is 45.2 Å². The molecular formula is C18H26N4O3S. The van der Waals surface area contributed by atoms with E-state index in [-0.39, 0.29) is 17.2 Å². The van der Waals surface area contributed by atoms with Crippen molar-refractivity contribution in [1.82, 2.24) is 19.4 Å². The number of carbonyl (C=O) groups excluding carboxylic acids is 1. The molecule has 0 bridgehead atoms. The standard InChI is InChI=1S/C18H26N4O3S/c1-13-7-6-8-16(11-13)12-19-17(23)9-10-22-15(3)18(14(2)20-22)26(24,25)21(4)5/h6-8,11H,9-10,12H2,1-5H3,(H,19,23). The fraction of sp³-hybridized carbons (Fsp3) is 0.444. The van der Waals surface area contributed by atoms with Gasteiger partial charge in [0.2, 0.25) is 15.9 Å². The molecule has 1 aromatic carbocycles. The van der Waals surface area contributed by atoms with Gasteiger partial charge in [0.25, 0.3) is 0 Å². The smallest absolute Gasteiger partial charge is 0.246 e. The van der Waals surface area contributed by atoms with Crippen LogP contribution in [0.5, 0.6) is 0 Å². The molecule has 142 valence electrons. The Morgan fingerprint density at radius 1 is 1.23 bits per heavy atom. The summed E-state index contributed by atoms with van der Waals surface area (Å²) in [6.07, 6.45) is 0.231. The van der Waals surface area contributed by atoms with Crippen LogP contribution >= 0.6 is 0 Å². The zero-order chi connectivity index (χ0) is 19.5. The molecule has 0 aliphatic rings. The Balaban J connectivity index is 2.00. The third-order valence-corrected chi connectivity index (χ3v) is 6.24. The summed E-state index contributed by atoms with van der Waals surface area (Å²) in [5, 5.41) is 7.17. The highest BCUT2D eigenvalue weighted by atomic mass is 32.2. The predicted molar refractivity (Wildman–Crippen MR) is 100 cm³/mol. The van der Waals surface area contributed by atoms with Crippen molar-refractivity contribution in [2.24, 2.45) is 0 Å². The summed E-state index contributed by atoms with van der Waals surface area (Å²) in [6.45, 7) is 6.18. The van der Waals surface area contributed by atoms with Crippen molar-refractivity contribution in [2.75, 3.05) is 14.1 Å². The maximum atomic E-state index is 12.4. The first kappa shape index (κ1) is 20.1. The number of amides is 1. The molecule has 1 N–H and O–H groups in total. The van der Waals surface area contributed by atoms with E-state index in [1.807, 2.05) is 31.2 Å². The Morgan fingerprint density at radius 3 is 2.54 bits per heavy atom. The SMILES string of the molecule is Cc1cccc(CNC(=O)CCn2nc(C)c(S(=O)(=O)N(C)C)c2C)c1. The minimum Gasteiger partial charge on any atom is -0.352 e. The fourth-order valence-electron chi connectivity index (χ4n) is 2.77. The molecule has 2 aromatic rings. The number of aryl methyl sites for hydroxylation is 3. The molecule has 0 aliphatic heterocycles. The van der Waals surface area contributed by atoms with Crippen LogP contribution in [0.3, 0.4) is 0 Å². The van der Waals surface area contributed by atoms with Crippen molar-refractivity contribution < 1.29 is 13.2 Å². The van der Waals surface area contributed by atoms with Gasteiger partial charge >= 0.3 is 0 Å². The summed E-state index contributed by atoms with van der Waals surface area (Å²) in [7, 11) is -0.576. The lowest BCUT2D eigenvalue weighted by Gasteiger charge is -2.12. The minimum atomic E-state index is -3.56. The summed E-state index contributed by atoms with van der Waals surface area (Å²) in [6, 6.07) is 7.96. The molecular weight excluding hydrogens is 352 g/mol. The second-order valence-electron chi connectivity index (χ2n) is 6.53. The number of sulfonamides is 1. The Hall–Kier alpha value is -2.19. The van der Waals surface area contributed by atoms with Crippen molar-refractivity contribution >= 4 is 15.9 Å². The number of nitrogens with zero attached hydrogens (tertiary/aromatic N) is 3. The second kappa shape index (κ2) is 8.01. The molecule has 1 aromatic heterocycles. The number of rotatable bonds is 7. The minimum absolute atomic E-state index is 0.101. The normalized spacial score (nSPS) is 11.8. The van der Waals surface area contributed by atoms with Crippen LogP contribution in [-0.2, 0) is 27.9 Å². The molecule has 0 fully saturated rings. The van der Waals surface area contributed by atoms with Gasteiger partial charge in [-0.25, -0.2) is 12.7 Å². The van der Waals surface area contributed by atoms with Crippen LogP contribution in [0.1, 0.15) is 28.9 Å². The van der Waals surface area contributed by atoms with Gasteiger partial charge in [-0.3, -0.25) is 9.48 Å². The van der Waals surface area contributed by atoms with Crippen LogP contribution in [0.4, 0.5) is 0 Å². The van der Waals surface area contributed by atoms with E-state index in [0.29, 0.717) is 24.5 Å². The van der Waals surface area contributed by atoms with Gasteiger partial charge in [0.1, 0.15) is 4.90 Å². The monoisotopic (exact) mass is 378 g/mol. The van der Waals surface area contributed by atoms with Gasteiger partial charge in [-0.15, -0.1) is 0 Å². The van der Waals surface area contributed by atoms with Crippen LogP contribution in [0.25, 0.3) is 0 Å². The molecule has 0 radical (unpaired) electrons. The maximum absolute atomic E-state index is 12.4. The number of carbonyl (C=O) groups is 1. The van der Waals surface area contributed by atoms with Crippen LogP contribution < -0.4 is 5.32 Å². The molecule has 0 saturated carbocycles. The molecule has 2 rings (SSSR count). The maximum Gasteiger partial charge on any atom is 0.246 e. The first-order valence-corrected chi connectivity index (χ1v) is 9.85. The predicted octanol–water partition coefficient (Wildman–Crippen LogP) is 1.77. The van der Waals surface area contributed by atoms with Crippen LogP contribution in [-0.4, -0.2) is 42.5 Å². The summed E-state index contributed by atoms with van der Waals surface area (Å²) in [5.74, 6) is -0.101. The van der Waals surface area contributed by atoms with E-state index in [2.05, 4.69) is 10.4 Å². The number of benzene rings is 1. The lowest BCUT2D eigenvalue weighted by Crippen LogP contribution is -2.25. The first-order valence-electron chi connectivity index (χ1n) is 8.41. The Kier molecular flexibility index (Phi) is 6.20. The van der Waals surface area contributed by atoms with Gasteiger partial charge in [-0.05, 0) is 26.3 Å². The average Bonchev–Trinajstić information content (AvgIpc) is 2.85. The van der Waals surface area contributed by atoms with E-state index in [9.17, 15) is 13.2 Å². The Labute approximate surface area is 155 Å². The summed E-state index contributed by atoms with van der Waals surface area (Å²) in [5.41, 5.74) is 3.18.